The van der Waals surface area contributed by atoms with Crippen LogP contribution >= 0.6 is 0 Å². The van der Waals surface area contributed by atoms with Gasteiger partial charge in [-0.2, -0.15) is 0 Å². The quantitative estimate of drug-likeness (QED) is 0.667. The summed E-state index contributed by atoms with van der Waals surface area (Å²) in [5.74, 6) is -0.352. The Kier molecular flexibility index (Phi) is 5.09. The van der Waals surface area contributed by atoms with Crippen molar-refractivity contribution in [1.82, 2.24) is 0 Å². The van der Waals surface area contributed by atoms with Crippen LogP contribution in [0.5, 0.6) is 0 Å². The van der Waals surface area contributed by atoms with E-state index < -0.39 is 0 Å². The fraction of sp³-hybridized carbons (Fsp3) is 0.118. The number of para-hydroxylation sites is 1. The summed E-state index contributed by atoms with van der Waals surface area (Å²) >= 11 is 0. The van der Waals surface area contributed by atoms with E-state index >= 15 is 0 Å². The molecular weight excluding hydrogens is 250 g/mol. The van der Waals surface area contributed by atoms with Crippen molar-refractivity contribution in [1.29, 1.82) is 0 Å². The lowest BCUT2D eigenvalue weighted by molar-refractivity contribution is -0.469. The summed E-state index contributed by atoms with van der Waals surface area (Å²) in [6, 6.07) is 19.4. The Balaban J connectivity index is 2.27. The van der Waals surface area contributed by atoms with Crippen LogP contribution in [-0.4, -0.2) is 12.6 Å². The Bertz CT molecular complexity index is 576. The second-order valence-electron chi connectivity index (χ2n) is 4.17. The van der Waals surface area contributed by atoms with Gasteiger partial charge in [0.2, 0.25) is 0 Å². The van der Waals surface area contributed by atoms with E-state index in [1.807, 2.05) is 60.7 Å². The first kappa shape index (κ1) is 14.0. The SMILES string of the molecule is CCOC(=O)/C=C(\[NH+]c1ccccc1)c1ccccc1. The van der Waals surface area contributed by atoms with E-state index in [0.717, 1.165) is 16.9 Å². The first-order valence-corrected chi connectivity index (χ1v) is 6.55. The zero-order valence-corrected chi connectivity index (χ0v) is 11.4. The summed E-state index contributed by atoms with van der Waals surface area (Å²) in [4.78, 5) is 11.7. The van der Waals surface area contributed by atoms with Gasteiger partial charge in [-0.3, -0.25) is 0 Å². The van der Waals surface area contributed by atoms with E-state index in [-0.39, 0.29) is 5.97 Å². The van der Waals surface area contributed by atoms with Crippen LogP contribution in [0.2, 0.25) is 0 Å². The molecule has 0 aliphatic rings. The predicted octanol–water partition coefficient (Wildman–Crippen LogP) is 2.27. The largest absolute Gasteiger partial charge is 0.463 e. The monoisotopic (exact) mass is 267 g/mol. The Morgan fingerprint density at radius 2 is 1.65 bits per heavy atom. The van der Waals surface area contributed by atoms with Crippen molar-refractivity contribution in [3.63, 3.8) is 0 Å². The van der Waals surface area contributed by atoms with Gasteiger partial charge in [0, 0.05) is 17.7 Å². The fourth-order valence-electron chi connectivity index (χ4n) is 1.79. The Hall–Kier alpha value is -2.39. The standard InChI is InChI=1S/C17H17NO2/c1-2-20-17(19)13-16(14-9-5-3-6-10-14)18-15-11-7-4-8-12-15/h3-13,18H,2H2,1H3/q+1/b16-13-. The number of carbonyl (C=O) groups is 1. The van der Waals surface area contributed by atoms with Crippen LogP contribution in [0.25, 0.3) is 5.70 Å². The lowest BCUT2D eigenvalue weighted by atomic mass is 10.1. The number of anilines is 1. The van der Waals surface area contributed by atoms with Gasteiger partial charge < -0.3 is 4.74 Å². The molecular formula is C17H17NO2+. The molecule has 3 heteroatoms. The predicted molar refractivity (Wildman–Crippen MR) is 78.1 cm³/mol. The van der Waals surface area contributed by atoms with Gasteiger partial charge in [-0.1, -0.05) is 36.4 Å². The molecule has 0 amide bonds. The Morgan fingerprint density at radius 1 is 1.05 bits per heavy atom. The minimum atomic E-state index is -0.352. The van der Waals surface area contributed by atoms with Crippen LogP contribution in [0.15, 0.2) is 66.7 Å². The van der Waals surface area contributed by atoms with Gasteiger partial charge in [-0.25, -0.2) is 4.79 Å². The van der Waals surface area contributed by atoms with Crippen molar-refractivity contribution in [2.45, 2.75) is 6.92 Å². The molecule has 1 N–H and O–H groups in total. The van der Waals surface area contributed by atoms with Gasteiger partial charge in [0.25, 0.3) is 0 Å². The summed E-state index contributed by atoms with van der Waals surface area (Å²) < 4.78 is 4.98. The van der Waals surface area contributed by atoms with Crippen LogP contribution in [0.4, 0.5) is 5.69 Å². The van der Waals surface area contributed by atoms with Crippen LogP contribution in [0.1, 0.15) is 12.5 Å². The first-order valence-electron chi connectivity index (χ1n) is 6.55. The highest BCUT2D eigenvalue weighted by Crippen LogP contribution is 2.09. The molecule has 0 unspecified atom stereocenters. The number of nitrogens with one attached hydrogen (secondary N) is 1. The van der Waals surface area contributed by atoms with Crippen molar-refractivity contribution in [2.75, 3.05) is 6.61 Å². The summed E-state index contributed by atoms with van der Waals surface area (Å²) in [5.41, 5.74) is 2.58. The molecule has 0 saturated heterocycles. The highest BCUT2D eigenvalue weighted by Gasteiger charge is 2.14. The second kappa shape index (κ2) is 7.26. The van der Waals surface area contributed by atoms with Gasteiger partial charge in [0.05, 0.1) is 12.7 Å². The molecule has 101 valence electrons. The van der Waals surface area contributed by atoms with Crippen molar-refractivity contribution in [2.24, 2.45) is 0 Å². The van der Waals surface area contributed by atoms with E-state index in [9.17, 15) is 4.79 Å². The number of carbonyl (C=O) groups excluding carboxylic acids is 1. The molecule has 0 spiro atoms. The zero-order valence-electron chi connectivity index (χ0n) is 11.4. The van der Waals surface area contributed by atoms with Gasteiger partial charge in [0.1, 0.15) is 0 Å². The summed E-state index contributed by atoms with van der Waals surface area (Å²) in [5, 5.41) is 3.24. The van der Waals surface area contributed by atoms with Gasteiger partial charge in [-0.05, 0) is 19.1 Å². The van der Waals surface area contributed by atoms with E-state index in [2.05, 4.69) is 5.32 Å². The molecule has 0 atom stereocenters. The first-order chi connectivity index (χ1) is 9.79. The number of rotatable bonds is 5. The van der Waals surface area contributed by atoms with Crippen LogP contribution < -0.4 is 5.32 Å². The maximum atomic E-state index is 11.7. The van der Waals surface area contributed by atoms with Crippen molar-refractivity contribution < 1.29 is 14.8 Å². The Labute approximate surface area is 118 Å². The average molecular weight is 267 g/mol. The number of benzene rings is 2. The number of hydrogen-bond donors (Lipinski definition) is 1. The van der Waals surface area contributed by atoms with Gasteiger partial charge in [-0.15, -0.1) is 5.32 Å². The zero-order chi connectivity index (χ0) is 14.2. The normalized spacial score (nSPS) is 11.2. The summed E-state index contributed by atoms with van der Waals surface area (Å²) in [6.07, 6.45) is 1.48. The molecule has 0 aliphatic heterocycles. The number of esters is 1. The van der Waals surface area contributed by atoms with E-state index in [1.165, 1.54) is 6.08 Å². The third kappa shape index (κ3) is 4.07. The molecule has 0 fully saturated rings. The Morgan fingerprint density at radius 3 is 2.25 bits per heavy atom. The van der Waals surface area contributed by atoms with Gasteiger partial charge in [0.15, 0.2) is 11.4 Å². The highest BCUT2D eigenvalue weighted by atomic mass is 16.5. The van der Waals surface area contributed by atoms with Crippen molar-refractivity contribution in [3.05, 3.63) is 72.3 Å². The maximum absolute atomic E-state index is 11.7. The topological polar surface area (TPSA) is 41.9 Å². The molecule has 2 aromatic carbocycles. The van der Waals surface area contributed by atoms with Crippen LogP contribution in [0.3, 0.4) is 0 Å². The molecule has 1 radical (unpaired) electrons. The molecule has 0 heterocycles. The van der Waals surface area contributed by atoms with Crippen molar-refractivity contribution >= 4 is 17.4 Å². The second-order valence-corrected chi connectivity index (χ2v) is 4.17. The molecule has 20 heavy (non-hydrogen) atoms. The van der Waals surface area contributed by atoms with Gasteiger partial charge >= 0.3 is 5.97 Å². The average Bonchev–Trinajstić information content (AvgIpc) is 2.49. The van der Waals surface area contributed by atoms with Crippen LogP contribution in [-0.2, 0) is 9.53 Å². The third-order valence-corrected chi connectivity index (χ3v) is 2.69. The number of ether oxygens (including phenoxy) is 1. The molecule has 0 bridgehead atoms. The molecule has 0 saturated carbocycles. The van der Waals surface area contributed by atoms with E-state index in [0.29, 0.717) is 6.61 Å². The lowest BCUT2D eigenvalue weighted by Gasteiger charge is -2.01. The van der Waals surface area contributed by atoms with Crippen LogP contribution in [0, 0.1) is 0 Å². The third-order valence-electron chi connectivity index (χ3n) is 2.69. The number of hydrogen-bond acceptors (Lipinski definition) is 3. The lowest BCUT2D eigenvalue weighted by Crippen LogP contribution is -2.74. The fourth-order valence-corrected chi connectivity index (χ4v) is 1.79. The molecule has 2 aromatic rings. The van der Waals surface area contributed by atoms with E-state index in [1.54, 1.807) is 6.92 Å². The molecule has 2 rings (SSSR count). The van der Waals surface area contributed by atoms with Crippen molar-refractivity contribution in [3.8, 4) is 0 Å². The molecule has 0 aromatic heterocycles. The highest BCUT2D eigenvalue weighted by molar-refractivity contribution is 5.89. The maximum Gasteiger partial charge on any atom is 0.337 e. The molecule has 0 aliphatic carbocycles. The van der Waals surface area contributed by atoms with E-state index in [4.69, 9.17) is 4.74 Å². The smallest absolute Gasteiger partial charge is 0.337 e. The minimum absolute atomic E-state index is 0.352. The summed E-state index contributed by atoms with van der Waals surface area (Å²) in [6.45, 7) is 2.15. The molecule has 3 nitrogen and oxygen atoms in total. The minimum Gasteiger partial charge on any atom is -0.463 e. The summed E-state index contributed by atoms with van der Waals surface area (Å²) in [7, 11) is 0.